The molecule has 0 bridgehead atoms. The normalized spacial score (nSPS) is 10.9. The highest BCUT2D eigenvalue weighted by molar-refractivity contribution is 5.73. The highest BCUT2D eigenvalue weighted by Crippen LogP contribution is 2.33. The van der Waals surface area contributed by atoms with Crippen molar-refractivity contribution in [1.29, 1.82) is 0 Å². The number of aryl methyl sites for hydroxylation is 1. The summed E-state index contributed by atoms with van der Waals surface area (Å²) >= 11 is 0. The van der Waals surface area contributed by atoms with Crippen molar-refractivity contribution in [3.8, 4) is 11.5 Å². The average molecular weight is 264 g/mol. The summed E-state index contributed by atoms with van der Waals surface area (Å²) < 4.78 is 10.8. The molecule has 0 aliphatic heterocycles. The quantitative estimate of drug-likeness (QED) is 0.594. The molecule has 0 aliphatic carbocycles. The van der Waals surface area contributed by atoms with Gasteiger partial charge in [-0.05, 0) is 36.5 Å². The van der Waals surface area contributed by atoms with Crippen LogP contribution in [0.4, 0.5) is 0 Å². The van der Waals surface area contributed by atoms with Crippen LogP contribution in [0.1, 0.15) is 51.2 Å². The Labute approximate surface area is 115 Å². The molecule has 0 atom stereocenters. The Hall–Kier alpha value is -1.51. The zero-order chi connectivity index (χ0) is 14.6. The summed E-state index contributed by atoms with van der Waals surface area (Å²) in [6, 6.07) is 3.84. The smallest absolute Gasteiger partial charge is 0.311 e. The van der Waals surface area contributed by atoms with Crippen molar-refractivity contribution < 1.29 is 14.3 Å². The number of carbonyl (C=O) groups excluding carboxylic acids is 1. The Morgan fingerprint density at radius 1 is 1.16 bits per heavy atom. The van der Waals surface area contributed by atoms with Crippen molar-refractivity contribution in [3.63, 3.8) is 0 Å². The van der Waals surface area contributed by atoms with Crippen LogP contribution in [0.3, 0.4) is 0 Å². The molecule has 1 aromatic rings. The topological polar surface area (TPSA) is 35.5 Å². The van der Waals surface area contributed by atoms with E-state index in [-0.39, 0.29) is 11.9 Å². The molecule has 1 rings (SSSR count). The van der Waals surface area contributed by atoms with E-state index in [0.29, 0.717) is 18.1 Å². The number of benzene rings is 1. The lowest BCUT2D eigenvalue weighted by Gasteiger charge is -2.16. The van der Waals surface area contributed by atoms with Gasteiger partial charge < -0.3 is 9.47 Å². The summed E-state index contributed by atoms with van der Waals surface area (Å²) in [4.78, 5) is 11.8. The third-order valence-corrected chi connectivity index (χ3v) is 2.95. The van der Waals surface area contributed by atoms with E-state index in [0.717, 1.165) is 16.9 Å². The largest absolute Gasteiger partial charge is 0.496 e. The number of hydrogen-bond donors (Lipinski definition) is 0. The molecule has 0 aliphatic rings. The van der Waals surface area contributed by atoms with Crippen LogP contribution >= 0.6 is 0 Å². The summed E-state index contributed by atoms with van der Waals surface area (Å²) in [7, 11) is 1.65. The lowest BCUT2D eigenvalue weighted by molar-refractivity contribution is -0.135. The molecule has 0 aromatic heterocycles. The molecule has 3 heteroatoms. The molecule has 0 unspecified atom stereocenters. The SMILES string of the molecule is COc1cc(C(C)C)c(OC(=O)CC(C)C)cc1C. The summed E-state index contributed by atoms with van der Waals surface area (Å²) in [5.41, 5.74) is 1.97. The standard InChI is InChI=1S/C16H24O3/c1-10(2)7-16(17)19-15-8-12(5)14(18-6)9-13(15)11(3)4/h8-11H,7H2,1-6H3. The van der Waals surface area contributed by atoms with Crippen LogP contribution in [0.2, 0.25) is 0 Å². The summed E-state index contributed by atoms with van der Waals surface area (Å²) in [5.74, 6) is 1.87. The van der Waals surface area contributed by atoms with Crippen LogP contribution in [-0.4, -0.2) is 13.1 Å². The van der Waals surface area contributed by atoms with Gasteiger partial charge in [0, 0.05) is 12.0 Å². The minimum Gasteiger partial charge on any atom is -0.496 e. The Morgan fingerprint density at radius 2 is 1.79 bits per heavy atom. The van der Waals surface area contributed by atoms with Gasteiger partial charge in [-0.1, -0.05) is 27.7 Å². The highest BCUT2D eigenvalue weighted by atomic mass is 16.5. The van der Waals surface area contributed by atoms with E-state index in [9.17, 15) is 4.79 Å². The van der Waals surface area contributed by atoms with E-state index in [1.807, 2.05) is 32.9 Å². The van der Waals surface area contributed by atoms with E-state index in [2.05, 4.69) is 13.8 Å². The van der Waals surface area contributed by atoms with E-state index in [4.69, 9.17) is 9.47 Å². The molecular formula is C16H24O3. The molecule has 106 valence electrons. The maximum absolute atomic E-state index is 11.8. The molecule has 0 spiro atoms. The van der Waals surface area contributed by atoms with Gasteiger partial charge in [0.25, 0.3) is 0 Å². The van der Waals surface area contributed by atoms with Crippen molar-refractivity contribution in [1.82, 2.24) is 0 Å². The number of carbonyl (C=O) groups is 1. The van der Waals surface area contributed by atoms with E-state index < -0.39 is 0 Å². The van der Waals surface area contributed by atoms with Gasteiger partial charge in [0.1, 0.15) is 11.5 Å². The number of hydrogen-bond acceptors (Lipinski definition) is 3. The Kier molecular flexibility index (Phi) is 5.40. The van der Waals surface area contributed by atoms with Crippen molar-refractivity contribution in [2.75, 3.05) is 7.11 Å². The zero-order valence-electron chi connectivity index (χ0n) is 12.7. The zero-order valence-corrected chi connectivity index (χ0v) is 12.7. The Balaban J connectivity index is 3.05. The minimum atomic E-state index is -0.179. The molecule has 0 heterocycles. The van der Waals surface area contributed by atoms with E-state index >= 15 is 0 Å². The molecule has 0 amide bonds. The fraction of sp³-hybridized carbons (Fsp3) is 0.562. The number of methoxy groups -OCH3 is 1. The van der Waals surface area contributed by atoms with Gasteiger partial charge in [-0.3, -0.25) is 4.79 Å². The molecular weight excluding hydrogens is 240 g/mol. The van der Waals surface area contributed by atoms with Crippen LogP contribution in [0.5, 0.6) is 11.5 Å². The van der Waals surface area contributed by atoms with Gasteiger partial charge in [-0.25, -0.2) is 0 Å². The fourth-order valence-electron chi connectivity index (χ4n) is 1.93. The maximum Gasteiger partial charge on any atom is 0.311 e. The van der Waals surface area contributed by atoms with Crippen LogP contribution < -0.4 is 9.47 Å². The second-order valence-corrected chi connectivity index (χ2v) is 5.59. The van der Waals surface area contributed by atoms with Crippen LogP contribution in [0.25, 0.3) is 0 Å². The Morgan fingerprint density at radius 3 is 2.26 bits per heavy atom. The third kappa shape index (κ3) is 4.27. The number of esters is 1. The molecule has 3 nitrogen and oxygen atoms in total. The molecule has 0 saturated heterocycles. The lowest BCUT2D eigenvalue weighted by atomic mass is 9.99. The first kappa shape index (κ1) is 15.5. The molecule has 0 radical (unpaired) electrons. The van der Waals surface area contributed by atoms with Gasteiger partial charge >= 0.3 is 5.97 Å². The predicted molar refractivity (Wildman–Crippen MR) is 76.9 cm³/mol. The number of ether oxygens (including phenoxy) is 2. The fourth-order valence-corrected chi connectivity index (χ4v) is 1.93. The summed E-state index contributed by atoms with van der Waals surface area (Å²) in [5, 5.41) is 0. The summed E-state index contributed by atoms with van der Waals surface area (Å²) in [6.07, 6.45) is 0.433. The van der Waals surface area contributed by atoms with Crippen LogP contribution in [0.15, 0.2) is 12.1 Å². The molecule has 0 fully saturated rings. The van der Waals surface area contributed by atoms with Gasteiger partial charge in [-0.2, -0.15) is 0 Å². The molecule has 0 saturated carbocycles. The Bertz CT molecular complexity index is 448. The van der Waals surface area contributed by atoms with Gasteiger partial charge in [0.2, 0.25) is 0 Å². The van der Waals surface area contributed by atoms with Gasteiger partial charge in [-0.15, -0.1) is 0 Å². The first-order valence-corrected chi connectivity index (χ1v) is 6.74. The van der Waals surface area contributed by atoms with Gasteiger partial charge in [0.05, 0.1) is 7.11 Å². The minimum absolute atomic E-state index is 0.179. The molecule has 0 N–H and O–H groups in total. The van der Waals surface area contributed by atoms with Crippen molar-refractivity contribution in [2.24, 2.45) is 5.92 Å². The van der Waals surface area contributed by atoms with Crippen LogP contribution in [-0.2, 0) is 4.79 Å². The van der Waals surface area contributed by atoms with Crippen molar-refractivity contribution in [3.05, 3.63) is 23.3 Å². The van der Waals surface area contributed by atoms with Gasteiger partial charge in [0.15, 0.2) is 0 Å². The van der Waals surface area contributed by atoms with Crippen molar-refractivity contribution in [2.45, 2.75) is 47.0 Å². The highest BCUT2D eigenvalue weighted by Gasteiger charge is 2.15. The summed E-state index contributed by atoms with van der Waals surface area (Å²) in [6.45, 7) is 10.1. The second kappa shape index (κ2) is 6.60. The maximum atomic E-state index is 11.8. The first-order chi connectivity index (χ1) is 8.85. The second-order valence-electron chi connectivity index (χ2n) is 5.59. The third-order valence-electron chi connectivity index (χ3n) is 2.95. The van der Waals surface area contributed by atoms with Crippen LogP contribution in [0, 0.1) is 12.8 Å². The molecule has 1 aromatic carbocycles. The first-order valence-electron chi connectivity index (χ1n) is 6.74. The number of rotatable bonds is 5. The van der Waals surface area contributed by atoms with E-state index in [1.54, 1.807) is 7.11 Å². The predicted octanol–water partition coefficient (Wildman–Crippen LogP) is 4.08. The molecule has 19 heavy (non-hydrogen) atoms. The monoisotopic (exact) mass is 264 g/mol. The lowest BCUT2D eigenvalue weighted by Crippen LogP contribution is -2.12. The average Bonchev–Trinajstić information content (AvgIpc) is 2.27. The van der Waals surface area contributed by atoms with Crippen molar-refractivity contribution >= 4 is 5.97 Å². The van der Waals surface area contributed by atoms with E-state index in [1.165, 1.54) is 0 Å².